The molecule has 2 aromatic heterocycles. The minimum Gasteiger partial charge on any atom is -0.353 e. The molecule has 190 valence electrons. The van der Waals surface area contributed by atoms with Crippen LogP contribution in [0, 0.1) is 16.7 Å². The van der Waals surface area contributed by atoms with Crippen LogP contribution >= 0.6 is 0 Å². The number of nitrogens with one attached hydrogen (secondary N) is 1. The van der Waals surface area contributed by atoms with E-state index in [9.17, 15) is 22.8 Å². The summed E-state index contributed by atoms with van der Waals surface area (Å²) in [5, 5.41) is 15.0. The molecule has 9 nitrogen and oxygen atoms in total. The van der Waals surface area contributed by atoms with Crippen molar-refractivity contribution in [3.05, 3.63) is 51.1 Å². The molecule has 4 heterocycles. The minimum atomic E-state index is -4.74. The van der Waals surface area contributed by atoms with E-state index in [0.29, 0.717) is 57.7 Å². The van der Waals surface area contributed by atoms with Crippen molar-refractivity contribution in [2.24, 2.45) is 5.41 Å². The fourth-order valence-corrected chi connectivity index (χ4v) is 5.70. The maximum atomic E-state index is 13.5. The summed E-state index contributed by atoms with van der Waals surface area (Å²) in [5.74, 6) is 0.809. The van der Waals surface area contributed by atoms with E-state index in [1.807, 2.05) is 27.9 Å². The van der Waals surface area contributed by atoms with Gasteiger partial charge in [-0.3, -0.25) is 14.5 Å². The molecule has 36 heavy (non-hydrogen) atoms. The third-order valence-electron chi connectivity index (χ3n) is 7.61. The van der Waals surface area contributed by atoms with Crippen LogP contribution in [0.25, 0.3) is 0 Å². The molecule has 2 fully saturated rings. The van der Waals surface area contributed by atoms with Crippen molar-refractivity contribution < 1.29 is 18.0 Å². The van der Waals surface area contributed by atoms with Crippen molar-refractivity contribution in [2.75, 3.05) is 44.2 Å². The Kier molecular flexibility index (Phi) is 5.98. The number of aromatic amines is 1. The van der Waals surface area contributed by atoms with Gasteiger partial charge in [-0.15, -0.1) is 0 Å². The molecule has 1 aliphatic carbocycles. The van der Waals surface area contributed by atoms with E-state index >= 15 is 0 Å². The summed E-state index contributed by atoms with van der Waals surface area (Å²) in [6.07, 6.45) is -2.03. The average molecular weight is 502 g/mol. The SMILES string of the molecule is C[C@@]1(C(=O)N2CCN(c3ccc(C#N)cn3)CC2)CCN([C@H]2CCc3c2n[nH]c(=O)c3C(F)(F)F)C1. The highest BCUT2D eigenvalue weighted by atomic mass is 19.4. The second-order valence-corrected chi connectivity index (χ2v) is 9.92. The number of H-pyrrole nitrogens is 1. The Morgan fingerprint density at radius 3 is 2.61 bits per heavy atom. The van der Waals surface area contributed by atoms with Crippen LogP contribution in [0.4, 0.5) is 19.0 Å². The fourth-order valence-electron chi connectivity index (χ4n) is 5.70. The predicted octanol–water partition coefficient (Wildman–Crippen LogP) is 2.10. The van der Waals surface area contributed by atoms with Gasteiger partial charge in [0.2, 0.25) is 5.91 Å². The van der Waals surface area contributed by atoms with Gasteiger partial charge in [-0.25, -0.2) is 10.1 Å². The number of pyridine rings is 1. The number of amides is 1. The first-order valence-electron chi connectivity index (χ1n) is 11.9. The lowest BCUT2D eigenvalue weighted by molar-refractivity contribution is -0.141. The number of piperazine rings is 1. The molecule has 2 saturated heterocycles. The third kappa shape index (κ3) is 4.21. The van der Waals surface area contributed by atoms with Gasteiger partial charge in [0, 0.05) is 38.9 Å². The molecular weight excluding hydrogens is 475 g/mol. The second-order valence-electron chi connectivity index (χ2n) is 9.92. The zero-order chi connectivity index (χ0) is 25.7. The topological polar surface area (TPSA) is 109 Å². The Morgan fingerprint density at radius 2 is 1.97 bits per heavy atom. The van der Waals surface area contributed by atoms with E-state index in [2.05, 4.69) is 15.0 Å². The number of fused-ring (bicyclic) bond motifs is 1. The summed E-state index contributed by atoms with van der Waals surface area (Å²) < 4.78 is 40.4. The molecule has 0 spiro atoms. The largest absolute Gasteiger partial charge is 0.422 e. The molecule has 0 unspecified atom stereocenters. The molecule has 0 bridgehead atoms. The van der Waals surface area contributed by atoms with Crippen molar-refractivity contribution >= 4 is 11.7 Å². The predicted molar refractivity (Wildman–Crippen MR) is 123 cm³/mol. The van der Waals surface area contributed by atoms with Crippen LogP contribution in [0.3, 0.4) is 0 Å². The van der Waals surface area contributed by atoms with Crippen LogP contribution in [0.5, 0.6) is 0 Å². The maximum Gasteiger partial charge on any atom is 0.422 e. The molecule has 0 aromatic carbocycles. The van der Waals surface area contributed by atoms with Crippen LogP contribution < -0.4 is 10.5 Å². The number of anilines is 1. The van der Waals surface area contributed by atoms with Gasteiger partial charge < -0.3 is 9.80 Å². The van der Waals surface area contributed by atoms with Gasteiger partial charge in [-0.1, -0.05) is 0 Å². The Balaban J connectivity index is 1.25. The number of aromatic nitrogens is 3. The van der Waals surface area contributed by atoms with Crippen molar-refractivity contribution in [1.29, 1.82) is 5.26 Å². The minimum absolute atomic E-state index is 0.0243. The van der Waals surface area contributed by atoms with Gasteiger partial charge in [0.15, 0.2) is 0 Å². The number of carbonyl (C=O) groups is 1. The van der Waals surface area contributed by atoms with Gasteiger partial charge in [-0.2, -0.15) is 23.5 Å². The monoisotopic (exact) mass is 501 g/mol. The van der Waals surface area contributed by atoms with Crippen molar-refractivity contribution in [3.8, 4) is 6.07 Å². The molecule has 3 aliphatic rings. The van der Waals surface area contributed by atoms with Crippen LogP contribution in [0.1, 0.15) is 48.2 Å². The lowest BCUT2D eigenvalue weighted by Crippen LogP contribution is -2.53. The van der Waals surface area contributed by atoms with E-state index in [0.717, 1.165) is 5.82 Å². The van der Waals surface area contributed by atoms with Gasteiger partial charge in [-0.05, 0) is 50.4 Å². The number of hydrogen-bond acceptors (Lipinski definition) is 7. The normalized spacial score (nSPS) is 24.6. The zero-order valence-electron chi connectivity index (χ0n) is 19.8. The van der Waals surface area contributed by atoms with E-state index in [1.54, 1.807) is 12.1 Å². The van der Waals surface area contributed by atoms with Gasteiger partial charge in [0.25, 0.3) is 5.56 Å². The zero-order valence-corrected chi connectivity index (χ0v) is 19.8. The molecule has 1 N–H and O–H groups in total. The number of halogens is 3. The Bertz CT molecular complexity index is 1260. The van der Waals surface area contributed by atoms with Gasteiger partial charge in [0.05, 0.1) is 22.7 Å². The number of likely N-dealkylation sites (tertiary alicyclic amines) is 1. The van der Waals surface area contributed by atoms with Crippen molar-refractivity contribution in [2.45, 2.75) is 38.4 Å². The molecular formula is C24H26F3N7O2. The number of alkyl halides is 3. The number of nitriles is 1. The van der Waals surface area contributed by atoms with E-state index in [1.165, 1.54) is 6.20 Å². The molecule has 2 aliphatic heterocycles. The summed E-state index contributed by atoms with van der Waals surface area (Å²) in [4.78, 5) is 35.6. The van der Waals surface area contributed by atoms with Crippen molar-refractivity contribution in [3.63, 3.8) is 0 Å². The number of nitrogens with zero attached hydrogens (tertiary/aromatic N) is 6. The summed E-state index contributed by atoms with van der Waals surface area (Å²) in [5.41, 5.74) is -2.27. The molecule has 2 atom stereocenters. The molecule has 12 heteroatoms. The Hall–Kier alpha value is -3.46. The first kappa shape index (κ1) is 24.2. The van der Waals surface area contributed by atoms with Crippen LogP contribution in [-0.2, 0) is 17.4 Å². The first-order chi connectivity index (χ1) is 17.1. The van der Waals surface area contributed by atoms with Gasteiger partial charge >= 0.3 is 6.18 Å². The third-order valence-corrected chi connectivity index (χ3v) is 7.61. The van der Waals surface area contributed by atoms with E-state index in [4.69, 9.17) is 5.26 Å². The summed E-state index contributed by atoms with van der Waals surface area (Å²) in [7, 11) is 0. The molecule has 2 aromatic rings. The average Bonchev–Trinajstić information content (AvgIpc) is 3.47. The number of carbonyl (C=O) groups excluding carboxylic acids is 1. The lowest BCUT2D eigenvalue weighted by Gasteiger charge is -2.39. The van der Waals surface area contributed by atoms with Gasteiger partial charge in [0.1, 0.15) is 17.5 Å². The Morgan fingerprint density at radius 1 is 1.22 bits per heavy atom. The second kappa shape index (κ2) is 8.89. The summed E-state index contributed by atoms with van der Waals surface area (Å²) >= 11 is 0. The van der Waals surface area contributed by atoms with Crippen LogP contribution in [-0.4, -0.2) is 70.2 Å². The van der Waals surface area contributed by atoms with Crippen LogP contribution in [0.15, 0.2) is 23.1 Å². The quantitative estimate of drug-likeness (QED) is 0.686. The van der Waals surface area contributed by atoms with E-state index in [-0.39, 0.29) is 29.6 Å². The summed E-state index contributed by atoms with van der Waals surface area (Å²) in [6, 6.07) is 5.22. The van der Waals surface area contributed by atoms with E-state index < -0.39 is 22.7 Å². The first-order valence-corrected chi connectivity index (χ1v) is 11.9. The van der Waals surface area contributed by atoms with Crippen molar-refractivity contribution in [1.82, 2.24) is 25.0 Å². The molecule has 0 saturated carbocycles. The highest BCUT2D eigenvalue weighted by Gasteiger charge is 2.48. The number of rotatable bonds is 3. The maximum absolute atomic E-state index is 13.5. The lowest BCUT2D eigenvalue weighted by atomic mass is 9.87. The summed E-state index contributed by atoms with van der Waals surface area (Å²) in [6.45, 7) is 5.25. The Labute approximate surface area is 205 Å². The standard InChI is InChI=1S/C24H26F3N7O2/c1-23(22(36)33-10-8-32(9-11-33)18-5-2-15(12-28)13-29-18)6-7-34(14-23)17-4-3-16-19(24(25,26)27)21(35)31-30-20(16)17/h2,5,13,17H,3-4,6-11,14H2,1H3,(H,31,35)/t17-,23+/m0/s1. The molecule has 5 rings (SSSR count). The fraction of sp³-hybridized carbons (Fsp3) is 0.542. The smallest absolute Gasteiger partial charge is 0.353 e. The highest BCUT2D eigenvalue weighted by molar-refractivity contribution is 5.83. The highest BCUT2D eigenvalue weighted by Crippen LogP contribution is 2.44. The van der Waals surface area contributed by atoms with Crippen LogP contribution in [0.2, 0.25) is 0 Å². The molecule has 1 amide bonds. The number of hydrogen-bond donors (Lipinski definition) is 1. The molecule has 0 radical (unpaired) electrons.